The maximum absolute atomic E-state index is 6.01. The normalized spacial score (nSPS) is 19.9. The van der Waals surface area contributed by atoms with Crippen molar-refractivity contribution in [2.45, 2.75) is 58.2 Å². The van der Waals surface area contributed by atoms with Gasteiger partial charge in [0.05, 0.1) is 6.61 Å². The van der Waals surface area contributed by atoms with Crippen LogP contribution >= 0.6 is 0 Å². The number of hydrogen-bond donors (Lipinski definition) is 1. The van der Waals surface area contributed by atoms with Gasteiger partial charge in [-0.15, -0.1) is 0 Å². The average Bonchev–Trinajstić information content (AvgIpc) is 2.82. The van der Waals surface area contributed by atoms with Crippen LogP contribution < -0.4 is 10.1 Å². The van der Waals surface area contributed by atoms with E-state index in [0.29, 0.717) is 6.04 Å². The maximum atomic E-state index is 6.01. The number of ether oxygens (including phenoxy) is 1. The second-order valence-corrected chi connectivity index (χ2v) is 7.00. The van der Waals surface area contributed by atoms with Crippen molar-refractivity contribution in [2.24, 2.45) is 0 Å². The van der Waals surface area contributed by atoms with Crippen LogP contribution in [0.4, 0.5) is 0 Å². The molecule has 4 nitrogen and oxygen atoms in total. The number of aromatic nitrogens is 1. The summed E-state index contributed by atoms with van der Waals surface area (Å²) in [5, 5.41) is 3.49. The number of hydrogen-bond acceptors (Lipinski definition) is 4. The van der Waals surface area contributed by atoms with Crippen LogP contribution in [-0.4, -0.2) is 41.7 Å². The largest absolute Gasteiger partial charge is 0.493 e. The summed E-state index contributed by atoms with van der Waals surface area (Å²) in [7, 11) is 2.21. The van der Waals surface area contributed by atoms with Gasteiger partial charge in [-0.05, 0) is 59.7 Å². The first-order valence-corrected chi connectivity index (χ1v) is 7.97. The van der Waals surface area contributed by atoms with E-state index in [9.17, 15) is 0 Å². The number of nitrogens with one attached hydrogen (secondary N) is 1. The zero-order valence-corrected chi connectivity index (χ0v) is 13.9. The Kier molecular flexibility index (Phi) is 5.59. The van der Waals surface area contributed by atoms with Crippen LogP contribution in [0.5, 0.6) is 5.75 Å². The van der Waals surface area contributed by atoms with Crippen molar-refractivity contribution in [1.29, 1.82) is 0 Å². The van der Waals surface area contributed by atoms with Crippen LogP contribution in [0.25, 0.3) is 0 Å². The molecular formula is C17H29N3O. The van der Waals surface area contributed by atoms with Crippen LogP contribution in [0.2, 0.25) is 0 Å². The van der Waals surface area contributed by atoms with Crippen molar-refractivity contribution in [2.75, 3.05) is 20.2 Å². The van der Waals surface area contributed by atoms with E-state index in [-0.39, 0.29) is 5.54 Å². The van der Waals surface area contributed by atoms with Gasteiger partial charge in [0.25, 0.3) is 0 Å². The highest BCUT2D eigenvalue weighted by Crippen LogP contribution is 2.21. The van der Waals surface area contributed by atoms with Crippen LogP contribution in [0.3, 0.4) is 0 Å². The molecule has 0 bridgehead atoms. The second-order valence-electron chi connectivity index (χ2n) is 7.00. The Bertz CT molecular complexity index is 442. The Hall–Kier alpha value is -1.13. The van der Waals surface area contributed by atoms with Crippen LogP contribution in [0, 0.1) is 0 Å². The molecule has 1 atom stereocenters. The Morgan fingerprint density at radius 2 is 2.24 bits per heavy atom. The highest BCUT2D eigenvalue weighted by Gasteiger charge is 2.20. The summed E-state index contributed by atoms with van der Waals surface area (Å²) in [4.78, 5) is 6.66. The summed E-state index contributed by atoms with van der Waals surface area (Å²) < 4.78 is 6.01. The molecule has 1 aromatic rings. The molecule has 0 spiro atoms. The predicted octanol–water partition coefficient (Wildman–Crippen LogP) is 2.83. The minimum Gasteiger partial charge on any atom is -0.493 e. The fourth-order valence-corrected chi connectivity index (χ4v) is 2.70. The SMILES string of the molecule is CN1CCCC1CCOc1ccncc1CNC(C)(C)C. The fourth-order valence-electron chi connectivity index (χ4n) is 2.70. The van der Waals surface area contributed by atoms with Crippen LogP contribution in [-0.2, 0) is 6.54 Å². The Morgan fingerprint density at radius 3 is 2.90 bits per heavy atom. The lowest BCUT2D eigenvalue weighted by Crippen LogP contribution is -2.35. The maximum Gasteiger partial charge on any atom is 0.126 e. The molecule has 1 unspecified atom stereocenters. The Balaban J connectivity index is 1.84. The van der Waals surface area contributed by atoms with E-state index >= 15 is 0 Å². The molecule has 2 heterocycles. The molecule has 0 saturated carbocycles. The molecule has 1 aromatic heterocycles. The molecule has 1 N–H and O–H groups in total. The van der Waals surface area contributed by atoms with Crippen molar-refractivity contribution in [3.63, 3.8) is 0 Å². The number of likely N-dealkylation sites (tertiary alicyclic amines) is 1. The molecule has 0 aliphatic carbocycles. The van der Waals surface area contributed by atoms with Crippen molar-refractivity contribution in [3.05, 3.63) is 24.0 Å². The third-order valence-electron chi connectivity index (χ3n) is 4.05. The summed E-state index contributed by atoms with van der Waals surface area (Å²) in [6, 6.07) is 2.65. The van der Waals surface area contributed by atoms with Gasteiger partial charge in [0.1, 0.15) is 5.75 Å². The van der Waals surface area contributed by atoms with E-state index in [2.05, 4.69) is 43.0 Å². The van der Waals surface area contributed by atoms with Crippen molar-refractivity contribution >= 4 is 0 Å². The molecule has 1 fully saturated rings. The van der Waals surface area contributed by atoms with Gasteiger partial charge in [0, 0.05) is 36.1 Å². The summed E-state index contributed by atoms with van der Waals surface area (Å²) in [6.07, 6.45) is 7.42. The summed E-state index contributed by atoms with van der Waals surface area (Å²) in [5.41, 5.74) is 1.23. The van der Waals surface area contributed by atoms with Crippen LogP contribution in [0.1, 0.15) is 45.6 Å². The highest BCUT2D eigenvalue weighted by molar-refractivity contribution is 5.30. The quantitative estimate of drug-likeness (QED) is 0.874. The van der Waals surface area contributed by atoms with E-state index in [1.165, 1.54) is 19.4 Å². The van der Waals surface area contributed by atoms with Gasteiger partial charge < -0.3 is 15.0 Å². The zero-order chi connectivity index (χ0) is 15.3. The molecule has 21 heavy (non-hydrogen) atoms. The van der Waals surface area contributed by atoms with E-state index in [1.54, 1.807) is 6.20 Å². The summed E-state index contributed by atoms with van der Waals surface area (Å²) in [5.74, 6) is 0.961. The van der Waals surface area contributed by atoms with Gasteiger partial charge in [0.2, 0.25) is 0 Å². The number of pyridine rings is 1. The van der Waals surface area contributed by atoms with E-state index < -0.39 is 0 Å². The average molecular weight is 291 g/mol. The molecule has 4 heteroatoms. The minimum absolute atomic E-state index is 0.0969. The summed E-state index contributed by atoms with van der Waals surface area (Å²) in [6.45, 7) is 9.29. The molecule has 0 aromatic carbocycles. The van der Waals surface area contributed by atoms with Gasteiger partial charge in [-0.25, -0.2) is 0 Å². The van der Waals surface area contributed by atoms with E-state index in [1.807, 2.05) is 12.3 Å². The Morgan fingerprint density at radius 1 is 1.43 bits per heavy atom. The van der Waals surface area contributed by atoms with E-state index in [4.69, 9.17) is 4.74 Å². The minimum atomic E-state index is 0.0969. The molecule has 118 valence electrons. The monoisotopic (exact) mass is 291 g/mol. The number of nitrogens with zero attached hydrogens (tertiary/aromatic N) is 2. The number of rotatable bonds is 6. The lowest BCUT2D eigenvalue weighted by Gasteiger charge is -2.22. The summed E-state index contributed by atoms with van der Waals surface area (Å²) >= 11 is 0. The highest BCUT2D eigenvalue weighted by atomic mass is 16.5. The predicted molar refractivity (Wildman–Crippen MR) is 86.6 cm³/mol. The lowest BCUT2D eigenvalue weighted by molar-refractivity contribution is 0.231. The topological polar surface area (TPSA) is 37.4 Å². The fraction of sp³-hybridized carbons (Fsp3) is 0.706. The van der Waals surface area contributed by atoms with Crippen molar-refractivity contribution in [3.8, 4) is 5.75 Å². The molecule has 1 aliphatic rings. The third-order valence-corrected chi connectivity index (χ3v) is 4.05. The first-order chi connectivity index (χ1) is 9.96. The molecule has 1 saturated heterocycles. The molecule has 0 amide bonds. The molecule has 1 aliphatic heterocycles. The first kappa shape index (κ1) is 16.2. The molecule has 0 radical (unpaired) electrons. The zero-order valence-electron chi connectivity index (χ0n) is 13.9. The van der Waals surface area contributed by atoms with Crippen molar-refractivity contribution < 1.29 is 4.74 Å². The van der Waals surface area contributed by atoms with Gasteiger partial charge in [-0.2, -0.15) is 0 Å². The van der Waals surface area contributed by atoms with Crippen molar-refractivity contribution in [1.82, 2.24) is 15.2 Å². The van der Waals surface area contributed by atoms with Gasteiger partial charge in [-0.1, -0.05) is 0 Å². The second kappa shape index (κ2) is 7.23. The standard InChI is InChI=1S/C17H29N3O/c1-17(2,3)19-13-14-12-18-9-7-16(14)21-11-8-15-6-5-10-20(15)4/h7,9,12,15,19H,5-6,8,10-11,13H2,1-4H3. The van der Waals surface area contributed by atoms with Crippen LogP contribution in [0.15, 0.2) is 18.5 Å². The third kappa shape index (κ3) is 5.29. The molecular weight excluding hydrogens is 262 g/mol. The Labute approximate surface area is 128 Å². The first-order valence-electron chi connectivity index (χ1n) is 7.97. The van der Waals surface area contributed by atoms with Gasteiger partial charge >= 0.3 is 0 Å². The van der Waals surface area contributed by atoms with Gasteiger partial charge in [0.15, 0.2) is 0 Å². The van der Waals surface area contributed by atoms with Gasteiger partial charge in [-0.3, -0.25) is 4.98 Å². The van der Waals surface area contributed by atoms with E-state index in [0.717, 1.165) is 30.9 Å². The lowest BCUT2D eigenvalue weighted by atomic mass is 10.1. The smallest absolute Gasteiger partial charge is 0.126 e. The molecule has 2 rings (SSSR count).